The number of amides is 1. The van der Waals surface area contributed by atoms with E-state index in [0.717, 1.165) is 16.7 Å². The molecule has 0 saturated carbocycles. The zero-order valence-electron chi connectivity index (χ0n) is 20.3. The van der Waals surface area contributed by atoms with Gasteiger partial charge in [0.05, 0.1) is 20.1 Å². The van der Waals surface area contributed by atoms with Crippen molar-refractivity contribution in [3.63, 3.8) is 0 Å². The predicted octanol–water partition coefficient (Wildman–Crippen LogP) is 5.88. The summed E-state index contributed by atoms with van der Waals surface area (Å²) >= 11 is 0. The molecule has 1 amide bonds. The van der Waals surface area contributed by atoms with E-state index in [-0.39, 0.29) is 19.4 Å². The van der Waals surface area contributed by atoms with E-state index in [0.29, 0.717) is 34.0 Å². The molecule has 0 fully saturated rings. The number of ether oxygens (including phenoxy) is 2. The van der Waals surface area contributed by atoms with Gasteiger partial charge in [-0.3, -0.25) is 10.1 Å². The number of carboxylic acid groups (broad SMARTS) is 1. The van der Waals surface area contributed by atoms with Crippen LogP contribution in [0.3, 0.4) is 0 Å². The molecule has 1 aromatic heterocycles. The molecule has 3 aromatic carbocycles. The normalized spacial score (nSPS) is 10.7. The van der Waals surface area contributed by atoms with Crippen LogP contribution in [-0.4, -0.2) is 36.0 Å². The Kier molecular flexibility index (Phi) is 7.83. The Morgan fingerprint density at radius 2 is 1.65 bits per heavy atom. The van der Waals surface area contributed by atoms with Crippen LogP contribution < -0.4 is 10.1 Å². The Bertz CT molecular complexity index is 1400. The summed E-state index contributed by atoms with van der Waals surface area (Å²) in [6, 6.07) is 19.3. The molecule has 0 aliphatic carbocycles. The molecule has 4 rings (SSSR count). The first-order valence-corrected chi connectivity index (χ1v) is 11.5. The summed E-state index contributed by atoms with van der Waals surface area (Å²) in [5.74, 6) is -0.518. The fourth-order valence-electron chi connectivity index (χ4n) is 3.77. The average molecular weight is 505 g/mol. The number of carbonyl (C=O) groups is 2. The van der Waals surface area contributed by atoms with Gasteiger partial charge in [-0.2, -0.15) is 0 Å². The Morgan fingerprint density at radius 3 is 2.27 bits per heavy atom. The Morgan fingerprint density at radius 1 is 1.00 bits per heavy atom. The van der Waals surface area contributed by atoms with E-state index in [1.165, 1.54) is 13.2 Å². The third-order valence-electron chi connectivity index (χ3n) is 5.74. The van der Waals surface area contributed by atoms with E-state index in [1.54, 1.807) is 31.2 Å². The molecule has 9 heteroatoms. The lowest BCUT2D eigenvalue weighted by atomic mass is 10.0. The van der Waals surface area contributed by atoms with Crippen molar-refractivity contribution in [3.8, 4) is 28.2 Å². The first kappa shape index (κ1) is 25.4. The van der Waals surface area contributed by atoms with Crippen LogP contribution >= 0.6 is 0 Å². The van der Waals surface area contributed by atoms with Crippen LogP contribution in [0.25, 0.3) is 22.5 Å². The summed E-state index contributed by atoms with van der Waals surface area (Å²) in [5, 5.41) is 15.5. The number of halogens is 1. The number of hydrogen-bond acceptors (Lipinski definition) is 6. The molecule has 0 aliphatic rings. The highest BCUT2D eigenvalue weighted by Crippen LogP contribution is 2.32. The molecular formula is C28H25FN2O6. The number of carboxylic acids is 1. The molecule has 190 valence electrons. The first-order valence-electron chi connectivity index (χ1n) is 11.5. The minimum atomic E-state index is -0.876. The van der Waals surface area contributed by atoms with Crippen molar-refractivity contribution < 1.29 is 33.1 Å². The monoisotopic (exact) mass is 504 g/mol. The van der Waals surface area contributed by atoms with E-state index >= 15 is 0 Å². The smallest absolute Gasteiger partial charge is 0.411 e. The van der Waals surface area contributed by atoms with Crippen molar-refractivity contribution in [2.24, 2.45) is 0 Å². The average Bonchev–Trinajstić information content (AvgIpc) is 3.25. The van der Waals surface area contributed by atoms with E-state index in [1.807, 2.05) is 36.4 Å². The van der Waals surface area contributed by atoms with Crippen LogP contribution in [0.1, 0.15) is 16.8 Å². The fraction of sp³-hybridized carbons (Fsp3) is 0.179. The molecule has 0 atom stereocenters. The molecule has 4 aromatic rings. The van der Waals surface area contributed by atoms with Gasteiger partial charge in [0, 0.05) is 18.1 Å². The topological polar surface area (TPSA) is 111 Å². The largest absolute Gasteiger partial charge is 0.497 e. The van der Waals surface area contributed by atoms with Gasteiger partial charge in [0.2, 0.25) is 0 Å². The van der Waals surface area contributed by atoms with E-state index in [9.17, 15) is 14.0 Å². The zero-order valence-corrected chi connectivity index (χ0v) is 20.3. The summed E-state index contributed by atoms with van der Waals surface area (Å²) < 4.78 is 29.8. The van der Waals surface area contributed by atoms with Gasteiger partial charge in [-0.15, -0.1) is 0 Å². The van der Waals surface area contributed by atoms with E-state index < -0.39 is 17.9 Å². The van der Waals surface area contributed by atoms with E-state index in [4.69, 9.17) is 19.1 Å². The van der Waals surface area contributed by atoms with Crippen molar-refractivity contribution in [1.82, 2.24) is 5.16 Å². The number of nitrogens with zero attached hydrogens (tertiary/aromatic N) is 1. The number of rotatable bonds is 9. The van der Waals surface area contributed by atoms with Crippen LogP contribution in [0.15, 0.2) is 71.3 Å². The van der Waals surface area contributed by atoms with Gasteiger partial charge >= 0.3 is 12.1 Å². The zero-order chi connectivity index (χ0) is 26.4. The quantitative estimate of drug-likeness (QED) is 0.293. The van der Waals surface area contributed by atoms with Gasteiger partial charge in [0.25, 0.3) is 0 Å². The number of aryl methyl sites for hydroxylation is 1. The Balaban J connectivity index is 1.39. The second-order valence-corrected chi connectivity index (χ2v) is 8.29. The number of aliphatic carboxylic acids is 1. The Hall–Kier alpha value is -4.66. The van der Waals surface area contributed by atoms with Gasteiger partial charge in [-0.1, -0.05) is 59.8 Å². The van der Waals surface area contributed by atoms with Gasteiger partial charge in [-0.05, 0) is 35.2 Å². The van der Waals surface area contributed by atoms with Gasteiger partial charge < -0.3 is 19.1 Å². The maximum Gasteiger partial charge on any atom is 0.411 e. The standard InChI is InChI=1S/C28H25FN2O6/c1-17-26(30-28(34)36-14-13-21-11-12-23(35-2)16-24(21)29)27(37-31-17)22-9-7-20(8-10-22)19-5-3-18(4-6-19)15-25(32)33/h3-12,16H,13-15H2,1-2H3,(H,30,34)(H,32,33). The number of anilines is 1. The minimum Gasteiger partial charge on any atom is -0.497 e. The molecule has 2 N–H and O–H groups in total. The van der Waals surface area contributed by atoms with Gasteiger partial charge in [0.1, 0.15) is 22.9 Å². The lowest BCUT2D eigenvalue weighted by Crippen LogP contribution is -2.16. The van der Waals surface area contributed by atoms with E-state index in [2.05, 4.69) is 10.5 Å². The first-order chi connectivity index (χ1) is 17.8. The maximum absolute atomic E-state index is 14.1. The van der Waals surface area contributed by atoms with Crippen molar-refractivity contribution >= 4 is 17.7 Å². The molecule has 0 unspecified atom stereocenters. The highest BCUT2D eigenvalue weighted by Gasteiger charge is 2.18. The molecule has 37 heavy (non-hydrogen) atoms. The highest BCUT2D eigenvalue weighted by molar-refractivity contribution is 5.91. The third-order valence-corrected chi connectivity index (χ3v) is 5.74. The van der Waals surface area contributed by atoms with Crippen molar-refractivity contribution in [1.29, 1.82) is 0 Å². The van der Waals surface area contributed by atoms with Crippen LogP contribution in [0.2, 0.25) is 0 Å². The lowest BCUT2D eigenvalue weighted by molar-refractivity contribution is -0.136. The van der Waals surface area contributed by atoms with Crippen LogP contribution in [0.5, 0.6) is 5.75 Å². The predicted molar refractivity (Wildman–Crippen MR) is 135 cm³/mol. The molecule has 0 saturated heterocycles. The molecule has 8 nitrogen and oxygen atoms in total. The third kappa shape index (κ3) is 6.32. The number of carbonyl (C=O) groups excluding carboxylic acids is 1. The van der Waals surface area contributed by atoms with Crippen molar-refractivity contribution in [2.45, 2.75) is 19.8 Å². The molecular weight excluding hydrogens is 479 g/mol. The summed E-state index contributed by atoms with van der Waals surface area (Å²) in [5.41, 5.74) is 4.56. The number of nitrogens with one attached hydrogen (secondary N) is 1. The number of hydrogen-bond donors (Lipinski definition) is 2. The Labute approximate surface area is 212 Å². The van der Waals surface area contributed by atoms with Crippen LogP contribution in [-0.2, 0) is 22.4 Å². The molecule has 0 radical (unpaired) electrons. The van der Waals surface area contributed by atoms with Crippen molar-refractivity contribution in [3.05, 3.63) is 89.4 Å². The fourth-order valence-corrected chi connectivity index (χ4v) is 3.77. The summed E-state index contributed by atoms with van der Waals surface area (Å²) in [6.45, 7) is 1.68. The minimum absolute atomic E-state index is 0.0192. The maximum atomic E-state index is 14.1. The molecule has 0 aliphatic heterocycles. The van der Waals surface area contributed by atoms with Crippen molar-refractivity contribution in [2.75, 3.05) is 19.0 Å². The second kappa shape index (κ2) is 11.4. The van der Waals surface area contributed by atoms with Gasteiger partial charge in [0.15, 0.2) is 5.76 Å². The number of aromatic nitrogens is 1. The summed E-state index contributed by atoms with van der Waals surface area (Å²) in [6.07, 6.45) is -0.530. The molecule has 1 heterocycles. The second-order valence-electron chi connectivity index (χ2n) is 8.29. The number of benzene rings is 3. The van der Waals surface area contributed by atoms with Crippen LogP contribution in [0, 0.1) is 12.7 Å². The number of methoxy groups -OCH3 is 1. The summed E-state index contributed by atoms with van der Waals surface area (Å²) in [4.78, 5) is 23.3. The SMILES string of the molecule is COc1ccc(CCOC(=O)Nc2c(C)noc2-c2ccc(-c3ccc(CC(=O)O)cc3)cc2)c(F)c1. The van der Waals surface area contributed by atoms with Crippen LogP contribution in [0.4, 0.5) is 14.9 Å². The van der Waals surface area contributed by atoms with Gasteiger partial charge in [-0.25, -0.2) is 9.18 Å². The summed E-state index contributed by atoms with van der Waals surface area (Å²) in [7, 11) is 1.46. The lowest BCUT2D eigenvalue weighted by Gasteiger charge is -2.09. The molecule has 0 spiro atoms. The molecule has 0 bridgehead atoms. The highest BCUT2D eigenvalue weighted by atomic mass is 19.1.